The third-order valence-corrected chi connectivity index (χ3v) is 4.15. The van der Waals surface area contributed by atoms with Crippen molar-refractivity contribution in [2.45, 2.75) is 31.7 Å². The second kappa shape index (κ2) is 5.83. The fraction of sp³-hybridized carbons (Fsp3) is 1.00. The number of halogens is 3. The molecule has 0 radical (unpaired) electrons. The van der Waals surface area contributed by atoms with Crippen LogP contribution in [0.1, 0.15) is 20.3 Å². The van der Waals surface area contributed by atoms with E-state index < -0.39 is 34.6 Å². The maximum absolute atomic E-state index is 12.2. The summed E-state index contributed by atoms with van der Waals surface area (Å²) in [5.74, 6) is 0. The number of aliphatic hydroxyl groups is 1. The van der Waals surface area contributed by atoms with Crippen molar-refractivity contribution >= 4 is 10.0 Å². The van der Waals surface area contributed by atoms with E-state index in [2.05, 4.69) is 0 Å². The number of hydrogen-bond acceptors (Lipinski definition) is 3. The molecule has 0 saturated carbocycles. The Hall–Kier alpha value is -0.340. The van der Waals surface area contributed by atoms with Crippen molar-refractivity contribution in [2.75, 3.05) is 19.7 Å². The van der Waals surface area contributed by atoms with Crippen molar-refractivity contribution in [2.24, 2.45) is 0 Å². The Kier molecular flexibility index (Phi) is 5.71. The number of nitrogens with zero attached hydrogens (tertiary/aromatic N) is 1. The van der Waals surface area contributed by atoms with E-state index in [9.17, 15) is 21.6 Å². The summed E-state index contributed by atoms with van der Waals surface area (Å²) >= 11 is 0. The highest BCUT2D eigenvalue weighted by Crippen LogP contribution is 2.20. The van der Waals surface area contributed by atoms with Crippen molar-refractivity contribution in [3.8, 4) is 0 Å². The van der Waals surface area contributed by atoms with Crippen LogP contribution in [0.3, 0.4) is 0 Å². The second-order valence-electron chi connectivity index (χ2n) is 3.49. The molecule has 0 amide bonds. The molecule has 0 aliphatic rings. The molecule has 8 heteroatoms. The zero-order chi connectivity index (χ0) is 13.0. The molecule has 4 nitrogen and oxygen atoms in total. The third kappa shape index (κ3) is 4.67. The van der Waals surface area contributed by atoms with Gasteiger partial charge in [0.2, 0.25) is 10.0 Å². The van der Waals surface area contributed by atoms with Gasteiger partial charge in [-0.3, -0.25) is 0 Å². The van der Waals surface area contributed by atoms with E-state index in [1.807, 2.05) is 0 Å². The number of rotatable bonds is 6. The average molecular weight is 263 g/mol. The van der Waals surface area contributed by atoms with Crippen molar-refractivity contribution in [3.63, 3.8) is 0 Å². The zero-order valence-electron chi connectivity index (χ0n) is 9.16. The molecule has 0 aromatic rings. The summed E-state index contributed by atoms with van der Waals surface area (Å²) in [5.41, 5.74) is 0. The van der Waals surface area contributed by atoms with Crippen LogP contribution in [0.4, 0.5) is 13.2 Å². The molecular weight excluding hydrogens is 247 g/mol. The Morgan fingerprint density at radius 1 is 1.38 bits per heavy atom. The molecule has 0 saturated heterocycles. The highest BCUT2D eigenvalue weighted by molar-refractivity contribution is 7.89. The molecule has 0 fully saturated rings. The lowest BCUT2D eigenvalue weighted by Gasteiger charge is -2.25. The summed E-state index contributed by atoms with van der Waals surface area (Å²) in [6, 6.07) is 0. The molecule has 0 aliphatic heterocycles. The topological polar surface area (TPSA) is 57.6 Å². The van der Waals surface area contributed by atoms with E-state index >= 15 is 0 Å². The molecule has 1 unspecified atom stereocenters. The summed E-state index contributed by atoms with van der Waals surface area (Å²) in [6.45, 7) is 0.358. The summed E-state index contributed by atoms with van der Waals surface area (Å²) in [5, 5.41) is 7.48. The van der Waals surface area contributed by atoms with Gasteiger partial charge in [0.15, 0.2) is 0 Å². The minimum Gasteiger partial charge on any atom is -0.395 e. The van der Waals surface area contributed by atoms with Crippen molar-refractivity contribution < 1.29 is 26.7 Å². The molecule has 0 aromatic heterocycles. The first-order valence-electron chi connectivity index (χ1n) is 4.81. The first kappa shape index (κ1) is 15.7. The standard InChI is InChI=1S/C8H16F3NO3S/c1-3-4-12(6-8(9,10)11)16(14,15)7(2)5-13/h7,13H,3-6H2,1-2H3. The lowest BCUT2D eigenvalue weighted by atomic mass is 10.5. The highest BCUT2D eigenvalue weighted by atomic mass is 32.2. The van der Waals surface area contributed by atoms with Crippen molar-refractivity contribution in [3.05, 3.63) is 0 Å². The Morgan fingerprint density at radius 3 is 2.19 bits per heavy atom. The maximum Gasteiger partial charge on any atom is 0.402 e. The molecule has 0 bridgehead atoms. The molecule has 1 atom stereocenters. The highest BCUT2D eigenvalue weighted by Gasteiger charge is 2.37. The Labute approximate surface area is 93.1 Å². The molecule has 1 N–H and O–H groups in total. The van der Waals surface area contributed by atoms with Crippen molar-refractivity contribution in [1.82, 2.24) is 4.31 Å². The SMILES string of the molecule is CCCN(CC(F)(F)F)S(=O)(=O)C(C)CO. The predicted octanol–water partition coefficient (Wildman–Crippen LogP) is 0.971. The van der Waals surface area contributed by atoms with E-state index in [0.29, 0.717) is 4.31 Å². The van der Waals surface area contributed by atoms with Crippen molar-refractivity contribution in [1.29, 1.82) is 0 Å². The fourth-order valence-corrected chi connectivity index (χ4v) is 2.56. The summed E-state index contributed by atoms with van der Waals surface area (Å²) in [6.07, 6.45) is -4.29. The van der Waals surface area contributed by atoms with Gasteiger partial charge in [0, 0.05) is 6.54 Å². The quantitative estimate of drug-likeness (QED) is 0.777. The van der Waals surface area contributed by atoms with Gasteiger partial charge in [-0.25, -0.2) is 8.42 Å². The van der Waals surface area contributed by atoms with Crippen LogP contribution in [0.15, 0.2) is 0 Å². The van der Waals surface area contributed by atoms with Gasteiger partial charge in [-0.1, -0.05) is 6.92 Å². The maximum atomic E-state index is 12.2. The Balaban J connectivity index is 4.91. The minimum atomic E-state index is -4.57. The summed E-state index contributed by atoms with van der Waals surface area (Å²) in [4.78, 5) is 0. The predicted molar refractivity (Wildman–Crippen MR) is 53.4 cm³/mol. The van der Waals surface area contributed by atoms with Crippen LogP contribution in [-0.2, 0) is 10.0 Å². The first-order valence-corrected chi connectivity index (χ1v) is 6.32. The van der Waals surface area contributed by atoms with E-state index in [0.717, 1.165) is 0 Å². The first-order chi connectivity index (χ1) is 7.15. The van der Waals surface area contributed by atoms with Gasteiger partial charge in [0.1, 0.15) is 6.54 Å². The van der Waals surface area contributed by atoms with E-state index in [4.69, 9.17) is 5.11 Å². The Bertz CT molecular complexity index is 302. The van der Waals surface area contributed by atoms with Gasteiger partial charge < -0.3 is 5.11 Å². The van der Waals surface area contributed by atoms with Gasteiger partial charge in [-0.15, -0.1) is 0 Å². The van der Waals surface area contributed by atoms with E-state index in [1.54, 1.807) is 6.92 Å². The van der Waals surface area contributed by atoms with Crippen LogP contribution in [0.5, 0.6) is 0 Å². The second-order valence-corrected chi connectivity index (χ2v) is 5.84. The van der Waals surface area contributed by atoms with Crippen LogP contribution < -0.4 is 0 Å². The van der Waals surface area contributed by atoms with Crippen LogP contribution in [0.25, 0.3) is 0 Å². The van der Waals surface area contributed by atoms with Gasteiger partial charge in [0.25, 0.3) is 0 Å². The van der Waals surface area contributed by atoms with Gasteiger partial charge in [0.05, 0.1) is 11.9 Å². The molecule has 98 valence electrons. The van der Waals surface area contributed by atoms with Gasteiger partial charge >= 0.3 is 6.18 Å². The zero-order valence-corrected chi connectivity index (χ0v) is 9.98. The number of alkyl halides is 3. The molecule has 0 aliphatic carbocycles. The lowest BCUT2D eigenvalue weighted by molar-refractivity contribution is -0.136. The van der Waals surface area contributed by atoms with Crippen LogP contribution in [0, 0.1) is 0 Å². The molecule has 0 spiro atoms. The smallest absolute Gasteiger partial charge is 0.395 e. The molecule has 0 aromatic carbocycles. The minimum absolute atomic E-state index is 0.202. The monoisotopic (exact) mass is 263 g/mol. The molecular formula is C8H16F3NO3S. The van der Waals surface area contributed by atoms with Gasteiger partial charge in [-0.05, 0) is 13.3 Å². The molecule has 16 heavy (non-hydrogen) atoms. The largest absolute Gasteiger partial charge is 0.402 e. The van der Waals surface area contributed by atoms with Crippen LogP contribution in [-0.4, -0.2) is 49.0 Å². The van der Waals surface area contributed by atoms with E-state index in [-0.39, 0.29) is 13.0 Å². The fourth-order valence-electron chi connectivity index (χ4n) is 1.09. The average Bonchev–Trinajstić information content (AvgIpc) is 2.13. The van der Waals surface area contributed by atoms with Gasteiger partial charge in [-0.2, -0.15) is 17.5 Å². The lowest BCUT2D eigenvalue weighted by Crippen LogP contribution is -2.44. The van der Waals surface area contributed by atoms with E-state index in [1.165, 1.54) is 6.92 Å². The summed E-state index contributed by atoms with van der Waals surface area (Å²) in [7, 11) is -4.08. The Morgan fingerprint density at radius 2 is 1.88 bits per heavy atom. The number of aliphatic hydroxyl groups excluding tert-OH is 1. The molecule has 0 heterocycles. The third-order valence-electron chi connectivity index (χ3n) is 1.95. The summed E-state index contributed by atoms with van der Waals surface area (Å²) < 4.78 is 60.0. The van der Waals surface area contributed by atoms with Crippen LogP contribution in [0.2, 0.25) is 0 Å². The number of sulfonamides is 1. The normalized spacial score (nSPS) is 15.4. The number of hydrogen-bond donors (Lipinski definition) is 1. The van der Waals surface area contributed by atoms with Crippen LogP contribution >= 0.6 is 0 Å². The molecule has 0 rings (SSSR count).